The summed E-state index contributed by atoms with van der Waals surface area (Å²) in [6.07, 6.45) is 0. The SMILES string of the molecule is CN1CCN(CCNC(=O)NCc2ccccc2)C(c2ccccc2)C1. The Morgan fingerprint density at radius 3 is 2.42 bits per heavy atom. The Morgan fingerprint density at radius 2 is 1.69 bits per heavy atom. The molecular formula is C21H28N4O. The molecule has 2 N–H and O–H groups in total. The summed E-state index contributed by atoms with van der Waals surface area (Å²) in [4.78, 5) is 16.8. The van der Waals surface area contributed by atoms with E-state index in [1.165, 1.54) is 5.56 Å². The molecule has 0 bridgehead atoms. The second kappa shape index (κ2) is 9.36. The Morgan fingerprint density at radius 1 is 1.00 bits per heavy atom. The standard InChI is InChI=1S/C21H28N4O/c1-24-14-15-25(20(17-24)19-10-6-3-7-11-19)13-12-22-21(26)23-16-18-8-4-2-5-9-18/h2-11,20H,12-17H2,1H3,(H2,22,23,26). The number of piperazine rings is 1. The lowest BCUT2D eigenvalue weighted by atomic mass is 10.0. The van der Waals surface area contributed by atoms with Crippen molar-refractivity contribution in [3.05, 3.63) is 71.8 Å². The van der Waals surface area contributed by atoms with Gasteiger partial charge in [0.15, 0.2) is 0 Å². The van der Waals surface area contributed by atoms with Crippen LogP contribution in [0, 0.1) is 0 Å². The minimum atomic E-state index is -0.112. The highest BCUT2D eigenvalue weighted by Crippen LogP contribution is 2.24. The van der Waals surface area contributed by atoms with E-state index >= 15 is 0 Å². The lowest BCUT2D eigenvalue weighted by Crippen LogP contribution is -2.49. The molecule has 3 rings (SSSR count). The van der Waals surface area contributed by atoms with Gasteiger partial charge in [0, 0.05) is 45.3 Å². The van der Waals surface area contributed by atoms with Gasteiger partial charge in [0.05, 0.1) is 0 Å². The van der Waals surface area contributed by atoms with Gasteiger partial charge in [0.2, 0.25) is 0 Å². The predicted molar refractivity (Wildman–Crippen MR) is 105 cm³/mol. The number of carbonyl (C=O) groups is 1. The van der Waals surface area contributed by atoms with Gasteiger partial charge < -0.3 is 15.5 Å². The molecule has 0 radical (unpaired) electrons. The molecule has 1 aliphatic heterocycles. The predicted octanol–water partition coefficient (Wildman–Crippen LogP) is 2.47. The Kier molecular flexibility index (Phi) is 6.63. The Labute approximate surface area is 156 Å². The number of hydrogen-bond donors (Lipinski definition) is 2. The zero-order valence-electron chi connectivity index (χ0n) is 15.4. The topological polar surface area (TPSA) is 47.6 Å². The molecule has 1 atom stereocenters. The van der Waals surface area contributed by atoms with Crippen LogP contribution < -0.4 is 10.6 Å². The monoisotopic (exact) mass is 352 g/mol. The lowest BCUT2D eigenvalue weighted by Gasteiger charge is -2.40. The number of rotatable bonds is 6. The fourth-order valence-electron chi connectivity index (χ4n) is 3.37. The summed E-state index contributed by atoms with van der Waals surface area (Å²) in [5.41, 5.74) is 2.44. The molecule has 1 heterocycles. The largest absolute Gasteiger partial charge is 0.337 e. The fourth-order valence-corrected chi connectivity index (χ4v) is 3.37. The van der Waals surface area contributed by atoms with E-state index in [1.54, 1.807) is 0 Å². The first-order valence-corrected chi connectivity index (χ1v) is 9.25. The van der Waals surface area contributed by atoms with Crippen LogP contribution in [0.15, 0.2) is 60.7 Å². The molecule has 138 valence electrons. The van der Waals surface area contributed by atoms with E-state index in [-0.39, 0.29) is 6.03 Å². The first-order valence-electron chi connectivity index (χ1n) is 9.25. The van der Waals surface area contributed by atoms with Crippen LogP contribution >= 0.6 is 0 Å². The molecule has 5 heteroatoms. The molecule has 1 fully saturated rings. The van der Waals surface area contributed by atoms with E-state index in [9.17, 15) is 4.79 Å². The highest BCUT2D eigenvalue weighted by atomic mass is 16.2. The van der Waals surface area contributed by atoms with Gasteiger partial charge in [-0.3, -0.25) is 4.90 Å². The molecule has 0 saturated carbocycles. The molecule has 2 aromatic rings. The number of amides is 2. The van der Waals surface area contributed by atoms with Crippen LogP contribution in [0.2, 0.25) is 0 Å². The number of nitrogens with zero attached hydrogens (tertiary/aromatic N) is 2. The van der Waals surface area contributed by atoms with Gasteiger partial charge in [0.25, 0.3) is 0 Å². The Hall–Kier alpha value is -2.37. The first kappa shape index (κ1) is 18.4. The van der Waals surface area contributed by atoms with Crippen LogP contribution in [0.1, 0.15) is 17.2 Å². The quantitative estimate of drug-likeness (QED) is 0.840. The van der Waals surface area contributed by atoms with E-state index in [4.69, 9.17) is 0 Å². The minimum absolute atomic E-state index is 0.112. The Bertz CT molecular complexity index is 677. The van der Waals surface area contributed by atoms with E-state index in [2.05, 4.69) is 57.8 Å². The molecule has 0 aromatic heterocycles. The number of likely N-dealkylation sites (N-methyl/N-ethyl adjacent to an activating group) is 1. The molecule has 2 aromatic carbocycles. The third-order valence-corrected chi connectivity index (χ3v) is 4.86. The second-order valence-electron chi connectivity index (χ2n) is 6.82. The third kappa shape index (κ3) is 5.31. The summed E-state index contributed by atoms with van der Waals surface area (Å²) in [6, 6.07) is 20.8. The second-order valence-corrected chi connectivity index (χ2v) is 6.82. The summed E-state index contributed by atoms with van der Waals surface area (Å²) < 4.78 is 0. The van der Waals surface area contributed by atoms with Gasteiger partial charge in [-0.05, 0) is 18.2 Å². The van der Waals surface area contributed by atoms with Crippen LogP contribution in [0.3, 0.4) is 0 Å². The van der Waals surface area contributed by atoms with Crippen LogP contribution in [0.25, 0.3) is 0 Å². The van der Waals surface area contributed by atoms with Crippen molar-refractivity contribution in [2.24, 2.45) is 0 Å². The smallest absolute Gasteiger partial charge is 0.315 e. The van der Waals surface area contributed by atoms with Gasteiger partial charge >= 0.3 is 6.03 Å². The molecular weight excluding hydrogens is 324 g/mol. The fraction of sp³-hybridized carbons (Fsp3) is 0.381. The maximum Gasteiger partial charge on any atom is 0.315 e. The van der Waals surface area contributed by atoms with Crippen molar-refractivity contribution in [3.8, 4) is 0 Å². The molecule has 1 unspecified atom stereocenters. The molecule has 5 nitrogen and oxygen atoms in total. The molecule has 26 heavy (non-hydrogen) atoms. The number of hydrogen-bond acceptors (Lipinski definition) is 3. The van der Waals surface area contributed by atoms with Crippen molar-refractivity contribution < 1.29 is 4.79 Å². The summed E-state index contributed by atoms with van der Waals surface area (Å²) in [6.45, 7) is 5.14. The normalized spacial score (nSPS) is 18.4. The number of carbonyl (C=O) groups excluding carboxylic acids is 1. The molecule has 1 saturated heterocycles. The average molecular weight is 352 g/mol. The first-order chi connectivity index (χ1) is 12.7. The van der Waals surface area contributed by atoms with Crippen molar-refractivity contribution in [2.45, 2.75) is 12.6 Å². The van der Waals surface area contributed by atoms with Crippen molar-refractivity contribution in [1.82, 2.24) is 20.4 Å². The summed E-state index contributed by atoms with van der Waals surface area (Å²) >= 11 is 0. The molecule has 2 amide bonds. The van der Waals surface area contributed by atoms with Crippen molar-refractivity contribution in [2.75, 3.05) is 39.8 Å². The lowest BCUT2D eigenvalue weighted by molar-refractivity contribution is 0.0911. The van der Waals surface area contributed by atoms with Crippen LogP contribution in [-0.4, -0.2) is 55.6 Å². The maximum atomic E-state index is 12.0. The molecule has 0 spiro atoms. The van der Waals surface area contributed by atoms with Crippen LogP contribution in [-0.2, 0) is 6.54 Å². The van der Waals surface area contributed by atoms with Crippen molar-refractivity contribution in [1.29, 1.82) is 0 Å². The van der Waals surface area contributed by atoms with Gasteiger partial charge in [-0.25, -0.2) is 4.79 Å². The van der Waals surface area contributed by atoms with Crippen LogP contribution in [0.4, 0.5) is 4.79 Å². The van der Waals surface area contributed by atoms with E-state index in [0.717, 1.165) is 31.7 Å². The third-order valence-electron chi connectivity index (χ3n) is 4.86. The van der Waals surface area contributed by atoms with E-state index in [0.29, 0.717) is 19.1 Å². The molecule has 0 aliphatic carbocycles. The van der Waals surface area contributed by atoms with Gasteiger partial charge in [-0.15, -0.1) is 0 Å². The number of urea groups is 1. The highest BCUT2D eigenvalue weighted by Gasteiger charge is 2.26. The average Bonchev–Trinajstić information content (AvgIpc) is 2.69. The summed E-state index contributed by atoms with van der Waals surface area (Å²) in [7, 11) is 2.17. The minimum Gasteiger partial charge on any atom is -0.337 e. The number of benzene rings is 2. The van der Waals surface area contributed by atoms with Gasteiger partial charge in [-0.1, -0.05) is 60.7 Å². The number of nitrogens with one attached hydrogen (secondary N) is 2. The zero-order valence-corrected chi connectivity index (χ0v) is 15.4. The maximum absolute atomic E-state index is 12.0. The van der Waals surface area contributed by atoms with Crippen molar-refractivity contribution >= 4 is 6.03 Å². The van der Waals surface area contributed by atoms with Gasteiger partial charge in [0.1, 0.15) is 0 Å². The van der Waals surface area contributed by atoms with E-state index < -0.39 is 0 Å². The van der Waals surface area contributed by atoms with E-state index in [1.807, 2.05) is 30.3 Å². The zero-order chi connectivity index (χ0) is 18.2. The van der Waals surface area contributed by atoms with Gasteiger partial charge in [-0.2, -0.15) is 0 Å². The summed E-state index contributed by atoms with van der Waals surface area (Å²) in [5.74, 6) is 0. The van der Waals surface area contributed by atoms with Crippen molar-refractivity contribution in [3.63, 3.8) is 0 Å². The highest BCUT2D eigenvalue weighted by molar-refractivity contribution is 5.73. The van der Waals surface area contributed by atoms with Crippen LogP contribution in [0.5, 0.6) is 0 Å². The Balaban J connectivity index is 1.46. The summed E-state index contributed by atoms with van der Waals surface area (Å²) in [5, 5.41) is 5.89. The molecule has 1 aliphatic rings.